The summed E-state index contributed by atoms with van der Waals surface area (Å²) in [7, 11) is 0. The lowest BCUT2D eigenvalue weighted by Crippen LogP contribution is -2.26. The van der Waals surface area contributed by atoms with E-state index < -0.39 is 0 Å². The van der Waals surface area contributed by atoms with Crippen LogP contribution in [0.4, 0.5) is 4.39 Å². The number of hydrogen-bond acceptors (Lipinski definition) is 4. The monoisotopic (exact) mass is 405 g/mol. The molecule has 6 nitrogen and oxygen atoms in total. The van der Waals surface area contributed by atoms with Crippen LogP contribution in [0.5, 0.6) is 0 Å². The summed E-state index contributed by atoms with van der Waals surface area (Å²) in [6, 6.07) is 10.1. The largest absolute Gasteiger partial charge is 0.350 e. The van der Waals surface area contributed by atoms with Crippen LogP contribution in [0.1, 0.15) is 48.2 Å². The minimum atomic E-state index is -0.298. The molecular formula is C23H24FN5O. The third kappa shape index (κ3) is 4.30. The van der Waals surface area contributed by atoms with Crippen LogP contribution in [0.15, 0.2) is 54.2 Å². The van der Waals surface area contributed by atoms with E-state index in [1.54, 1.807) is 37.4 Å². The number of nitrogens with zero attached hydrogens (tertiary/aromatic N) is 4. The van der Waals surface area contributed by atoms with Gasteiger partial charge in [-0.15, -0.1) is 5.10 Å². The molecule has 1 amide bonds. The van der Waals surface area contributed by atoms with Gasteiger partial charge < -0.3 is 5.32 Å². The standard InChI is InChI=1S/C23H24FN5O/c1-16-15-18(10-11-19(16)24)29-22(20-9-5-6-13-25-20)21(27-28-29)23(30)26-14-12-17-7-3-2-4-8-17/h5-7,9-11,13,15H,2-4,8,12,14H2,1H3,(H,26,30). The van der Waals surface area contributed by atoms with Crippen molar-refractivity contribution in [1.82, 2.24) is 25.3 Å². The zero-order valence-electron chi connectivity index (χ0n) is 16.9. The molecule has 2 aromatic heterocycles. The second-order valence-corrected chi connectivity index (χ2v) is 7.46. The smallest absolute Gasteiger partial charge is 0.274 e. The van der Waals surface area contributed by atoms with E-state index in [1.165, 1.54) is 29.2 Å². The Morgan fingerprint density at radius 1 is 1.23 bits per heavy atom. The number of carbonyl (C=O) groups excluding carboxylic acids is 1. The van der Waals surface area contributed by atoms with Crippen molar-refractivity contribution < 1.29 is 9.18 Å². The highest BCUT2D eigenvalue weighted by atomic mass is 19.1. The number of aryl methyl sites for hydroxylation is 1. The minimum absolute atomic E-state index is 0.202. The first-order valence-electron chi connectivity index (χ1n) is 10.2. The number of carbonyl (C=O) groups is 1. The quantitative estimate of drug-likeness (QED) is 0.617. The lowest BCUT2D eigenvalue weighted by Gasteiger charge is -2.13. The summed E-state index contributed by atoms with van der Waals surface area (Å²) in [6.45, 7) is 2.23. The van der Waals surface area contributed by atoms with Crippen molar-refractivity contribution in [3.8, 4) is 17.1 Å². The molecule has 30 heavy (non-hydrogen) atoms. The lowest BCUT2D eigenvalue weighted by molar-refractivity contribution is 0.0949. The van der Waals surface area contributed by atoms with E-state index in [4.69, 9.17) is 0 Å². The maximum Gasteiger partial charge on any atom is 0.274 e. The maximum absolute atomic E-state index is 13.7. The molecule has 1 aliphatic carbocycles. The molecule has 0 bridgehead atoms. The van der Waals surface area contributed by atoms with Gasteiger partial charge in [0.25, 0.3) is 5.91 Å². The average Bonchev–Trinajstić information content (AvgIpc) is 3.22. The second-order valence-electron chi connectivity index (χ2n) is 7.46. The van der Waals surface area contributed by atoms with Crippen LogP contribution in [-0.4, -0.2) is 32.4 Å². The zero-order chi connectivity index (χ0) is 20.9. The highest BCUT2D eigenvalue weighted by Gasteiger charge is 2.23. The van der Waals surface area contributed by atoms with E-state index in [1.807, 2.05) is 6.07 Å². The Bertz CT molecular complexity index is 1070. The highest BCUT2D eigenvalue weighted by Crippen LogP contribution is 2.25. The van der Waals surface area contributed by atoms with Crippen molar-refractivity contribution in [2.45, 2.75) is 39.0 Å². The Balaban J connectivity index is 1.62. The van der Waals surface area contributed by atoms with Crippen molar-refractivity contribution >= 4 is 5.91 Å². The molecule has 1 N–H and O–H groups in total. The molecule has 7 heteroatoms. The Morgan fingerprint density at radius 3 is 2.87 bits per heavy atom. The fraction of sp³-hybridized carbons (Fsp3) is 0.304. The number of hydrogen-bond donors (Lipinski definition) is 1. The number of allylic oxidation sites excluding steroid dienone is 1. The van der Waals surface area contributed by atoms with E-state index >= 15 is 0 Å². The number of halogens is 1. The van der Waals surface area contributed by atoms with E-state index in [0.29, 0.717) is 29.2 Å². The average molecular weight is 405 g/mol. The number of rotatable bonds is 6. The number of pyridine rings is 1. The molecule has 1 aliphatic rings. The molecule has 0 saturated carbocycles. The van der Waals surface area contributed by atoms with Gasteiger partial charge in [0.2, 0.25) is 0 Å². The lowest BCUT2D eigenvalue weighted by atomic mass is 9.97. The van der Waals surface area contributed by atoms with E-state index in [-0.39, 0.29) is 17.4 Å². The normalized spacial score (nSPS) is 13.7. The third-order valence-corrected chi connectivity index (χ3v) is 5.30. The van der Waals surface area contributed by atoms with Crippen LogP contribution in [0.3, 0.4) is 0 Å². The number of amides is 1. The Hall–Kier alpha value is -3.35. The van der Waals surface area contributed by atoms with E-state index in [0.717, 1.165) is 19.3 Å². The summed E-state index contributed by atoms with van der Waals surface area (Å²) in [4.78, 5) is 17.3. The van der Waals surface area contributed by atoms with Crippen LogP contribution in [0.2, 0.25) is 0 Å². The predicted octanol–water partition coefficient (Wildman–Crippen LogP) is 4.40. The molecule has 0 spiro atoms. The van der Waals surface area contributed by atoms with Crippen LogP contribution in [-0.2, 0) is 0 Å². The molecule has 0 fully saturated rings. The van der Waals surface area contributed by atoms with Crippen LogP contribution in [0, 0.1) is 12.7 Å². The van der Waals surface area contributed by atoms with Gasteiger partial charge >= 0.3 is 0 Å². The molecule has 2 heterocycles. The molecule has 1 aromatic carbocycles. The highest BCUT2D eigenvalue weighted by molar-refractivity contribution is 5.97. The molecule has 3 aromatic rings. The fourth-order valence-electron chi connectivity index (χ4n) is 3.66. The Morgan fingerprint density at radius 2 is 2.13 bits per heavy atom. The summed E-state index contributed by atoms with van der Waals surface area (Å²) in [6.07, 6.45) is 9.47. The summed E-state index contributed by atoms with van der Waals surface area (Å²) in [5.41, 5.74) is 3.76. The first-order chi connectivity index (χ1) is 14.6. The summed E-state index contributed by atoms with van der Waals surface area (Å²) >= 11 is 0. The first-order valence-corrected chi connectivity index (χ1v) is 10.2. The van der Waals surface area contributed by atoms with Crippen molar-refractivity contribution in [3.05, 3.63) is 71.3 Å². The SMILES string of the molecule is Cc1cc(-n2nnc(C(=O)NCCC3=CCCCC3)c2-c2ccccn2)ccc1F. The van der Waals surface area contributed by atoms with Gasteiger partial charge in [0.1, 0.15) is 11.5 Å². The summed E-state index contributed by atoms with van der Waals surface area (Å²) in [5, 5.41) is 11.3. The molecule has 0 unspecified atom stereocenters. The van der Waals surface area contributed by atoms with Crippen molar-refractivity contribution in [3.63, 3.8) is 0 Å². The van der Waals surface area contributed by atoms with Gasteiger partial charge in [-0.1, -0.05) is 22.9 Å². The molecular weight excluding hydrogens is 381 g/mol. The number of aromatic nitrogens is 4. The van der Waals surface area contributed by atoms with E-state index in [9.17, 15) is 9.18 Å². The van der Waals surface area contributed by atoms with E-state index in [2.05, 4.69) is 26.7 Å². The fourth-order valence-corrected chi connectivity index (χ4v) is 3.66. The van der Waals surface area contributed by atoms with Crippen molar-refractivity contribution in [2.24, 2.45) is 0 Å². The van der Waals surface area contributed by atoms with Gasteiger partial charge in [-0.25, -0.2) is 9.07 Å². The van der Waals surface area contributed by atoms with Crippen LogP contribution in [0.25, 0.3) is 17.1 Å². The molecule has 0 radical (unpaired) electrons. The molecule has 0 atom stereocenters. The Kier molecular flexibility index (Phi) is 5.97. The molecule has 154 valence electrons. The molecule has 4 rings (SSSR count). The zero-order valence-corrected chi connectivity index (χ0v) is 16.9. The Labute approximate surface area is 174 Å². The third-order valence-electron chi connectivity index (χ3n) is 5.30. The van der Waals surface area contributed by atoms with Crippen LogP contribution < -0.4 is 5.32 Å². The maximum atomic E-state index is 13.7. The molecule has 0 aliphatic heterocycles. The van der Waals surface area contributed by atoms with Crippen molar-refractivity contribution in [1.29, 1.82) is 0 Å². The summed E-state index contributed by atoms with van der Waals surface area (Å²) < 4.78 is 15.3. The second kappa shape index (κ2) is 8.98. The van der Waals surface area contributed by atoms with Gasteiger partial charge in [0.15, 0.2) is 5.69 Å². The van der Waals surface area contributed by atoms with Gasteiger partial charge in [-0.2, -0.15) is 0 Å². The van der Waals surface area contributed by atoms with Crippen molar-refractivity contribution in [2.75, 3.05) is 6.54 Å². The first kappa shape index (κ1) is 19.9. The van der Waals surface area contributed by atoms with Gasteiger partial charge in [-0.05, 0) is 74.9 Å². The van der Waals surface area contributed by atoms with Crippen LogP contribution >= 0.6 is 0 Å². The van der Waals surface area contributed by atoms with Gasteiger partial charge in [0.05, 0.1) is 11.4 Å². The topological polar surface area (TPSA) is 72.7 Å². The number of nitrogens with one attached hydrogen (secondary N) is 1. The molecule has 0 saturated heterocycles. The number of benzene rings is 1. The van der Waals surface area contributed by atoms with Gasteiger partial charge in [-0.3, -0.25) is 9.78 Å². The summed E-state index contributed by atoms with van der Waals surface area (Å²) in [5.74, 6) is -0.592. The van der Waals surface area contributed by atoms with Gasteiger partial charge in [0, 0.05) is 12.7 Å². The predicted molar refractivity (Wildman–Crippen MR) is 113 cm³/mol. The minimum Gasteiger partial charge on any atom is -0.350 e.